The van der Waals surface area contributed by atoms with Crippen LogP contribution in [0.1, 0.15) is 36.9 Å². The maximum absolute atomic E-state index is 13.1. The molecule has 0 radical (unpaired) electrons. The summed E-state index contributed by atoms with van der Waals surface area (Å²) in [6.45, 7) is 5.37. The molecule has 0 saturated carbocycles. The van der Waals surface area contributed by atoms with E-state index < -0.39 is 0 Å². The lowest BCUT2D eigenvalue weighted by atomic mass is 9.96. The molecular formula is C26H30N4O3. The van der Waals surface area contributed by atoms with Gasteiger partial charge >= 0.3 is 0 Å². The van der Waals surface area contributed by atoms with Crippen molar-refractivity contribution in [3.05, 3.63) is 72.1 Å². The second-order valence-electron chi connectivity index (χ2n) is 8.34. The van der Waals surface area contributed by atoms with Crippen LogP contribution < -0.4 is 19.7 Å². The number of rotatable bonds is 7. The van der Waals surface area contributed by atoms with Gasteiger partial charge in [-0.05, 0) is 56.0 Å². The summed E-state index contributed by atoms with van der Waals surface area (Å²) in [4.78, 5) is 24.1. The molecule has 3 aromatic rings. The van der Waals surface area contributed by atoms with Gasteiger partial charge in [-0.2, -0.15) is 0 Å². The Labute approximate surface area is 194 Å². The number of aryl methyl sites for hydroxylation is 1. The fourth-order valence-electron chi connectivity index (χ4n) is 4.07. The first-order valence-corrected chi connectivity index (χ1v) is 11.3. The molecule has 1 N–H and O–H groups in total. The van der Waals surface area contributed by atoms with E-state index in [-0.39, 0.29) is 17.9 Å². The van der Waals surface area contributed by atoms with Gasteiger partial charge in [-0.15, -0.1) is 0 Å². The summed E-state index contributed by atoms with van der Waals surface area (Å²) in [6, 6.07) is 15.5. The van der Waals surface area contributed by atoms with Gasteiger partial charge in [-0.3, -0.25) is 4.79 Å². The maximum atomic E-state index is 13.1. The third-order valence-corrected chi connectivity index (χ3v) is 6.01. The van der Waals surface area contributed by atoms with Crippen LogP contribution in [0.4, 0.5) is 5.82 Å². The number of carbonyl (C=O) groups excluding carboxylic acids is 1. The lowest BCUT2D eigenvalue weighted by Gasteiger charge is -2.33. The fraction of sp³-hybridized carbons (Fsp3) is 0.346. The quantitative estimate of drug-likeness (QED) is 0.568. The third kappa shape index (κ3) is 5.42. The van der Waals surface area contributed by atoms with Crippen molar-refractivity contribution in [2.45, 2.75) is 32.7 Å². The fourth-order valence-corrected chi connectivity index (χ4v) is 4.07. The predicted molar refractivity (Wildman–Crippen MR) is 128 cm³/mol. The third-order valence-electron chi connectivity index (χ3n) is 6.01. The summed E-state index contributed by atoms with van der Waals surface area (Å²) in [7, 11) is 1.64. The van der Waals surface area contributed by atoms with Crippen LogP contribution in [0.25, 0.3) is 0 Å². The number of carbonyl (C=O) groups is 1. The van der Waals surface area contributed by atoms with Gasteiger partial charge in [0, 0.05) is 25.5 Å². The molecule has 2 heterocycles. The minimum atomic E-state index is -0.132. The smallest absolute Gasteiger partial charge is 0.263 e. The number of benzene rings is 2. The Morgan fingerprint density at radius 3 is 2.64 bits per heavy atom. The molecule has 1 fully saturated rings. The second kappa shape index (κ2) is 10.3. The largest absolute Gasteiger partial charge is 0.497 e. The highest BCUT2D eigenvalue weighted by molar-refractivity contribution is 5.80. The van der Waals surface area contributed by atoms with Crippen molar-refractivity contribution in [3.63, 3.8) is 0 Å². The van der Waals surface area contributed by atoms with E-state index in [1.165, 1.54) is 0 Å². The molecular weight excluding hydrogens is 416 g/mol. The van der Waals surface area contributed by atoms with Crippen LogP contribution in [-0.4, -0.2) is 36.1 Å². The van der Waals surface area contributed by atoms with Crippen molar-refractivity contribution < 1.29 is 14.3 Å². The van der Waals surface area contributed by atoms with Crippen LogP contribution in [0.5, 0.6) is 17.4 Å². The molecule has 0 spiro atoms. The highest BCUT2D eigenvalue weighted by Crippen LogP contribution is 2.32. The normalized spacial score (nSPS) is 16.7. The number of aromatic nitrogens is 2. The molecule has 4 rings (SSSR count). The zero-order valence-corrected chi connectivity index (χ0v) is 19.3. The lowest BCUT2D eigenvalue weighted by Crippen LogP contribution is -2.44. The monoisotopic (exact) mass is 446 g/mol. The van der Waals surface area contributed by atoms with E-state index in [1.807, 2.05) is 62.4 Å². The van der Waals surface area contributed by atoms with Crippen LogP contribution in [0.3, 0.4) is 0 Å². The number of amides is 1. The zero-order valence-electron chi connectivity index (χ0n) is 19.3. The molecule has 33 heavy (non-hydrogen) atoms. The van der Waals surface area contributed by atoms with Gasteiger partial charge in [0.15, 0.2) is 5.82 Å². The average Bonchev–Trinajstić information content (AvgIpc) is 2.86. The van der Waals surface area contributed by atoms with E-state index in [9.17, 15) is 4.79 Å². The number of nitrogens with one attached hydrogen (secondary N) is 1. The first-order valence-electron chi connectivity index (χ1n) is 11.3. The van der Waals surface area contributed by atoms with E-state index in [2.05, 4.69) is 20.2 Å². The highest BCUT2D eigenvalue weighted by Gasteiger charge is 2.29. The van der Waals surface area contributed by atoms with Crippen molar-refractivity contribution >= 4 is 11.7 Å². The number of methoxy groups -OCH3 is 1. The molecule has 2 atom stereocenters. The van der Waals surface area contributed by atoms with E-state index in [0.717, 1.165) is 42.0 Å². The zero-order chi connectivity index (χ0) is 23.2. The predicted octanol–water partition coefficient (Wildman–Crippen LogP) is 4.68. The first kappa shape index (κ1) is 22.6. The summed E-state index contributed by atoms with van der Waals surface area (Å²) in [5, 5.41) is 3.16. The molecule has 1 saturated heterocycles. The van der Waals surface area contributed by atoms with E-state index in [4.69, 9.17) is 9.47 Å². The Bertz CT molecular complexity index is 1090. The molecule has 7 nitrogen and oxygen atoms in total. The van der Waals surface area contributed by atoms with E-state index >= 15 is 0 Å². The standard InChI is InChI=1S/C26H30N4O3/c1-18-7-4-5-9-23(18)33-26-24(27-14-15-28-26)30-16-6-8-21(17-30)25(31)29-19(2)20-10-12-22(32-3)13-11-20/h4-5,7,9-15,19,21H,6,8,16-17H2,1-3H3,(H,29,31)/t19-,21+/m1/s1. The van der Waals surface area contributed by atoms with Gasteiger partial charge in [0.05, 0.1) is 19.1 Å². The minimum Gasteiger partial charge on any atom is -0.497 e. The number of hydrogen-bond donors (Lipinski definition) is 1. The van der Waals surface area contributed by atoms with E-state index in [0.29, 0.717) is 18.2 Å². The Kier molecular flexibility index (Phi) is 7.07. The molecule has 1 aliphatic rings. The number of para-hydroxylation sites is 1. The van der Waals surface area contributed by atoms with Gasteiger partial charge in [0.2, 0.25) is 5.91 Å². The molecule has 1 aromatic heterocycles. The number of piperidine rings is 1. The summed E-state index contributed by atoms with van der Waals surface area (Å²) >= 11 is 0. The van der Waals surface area contributed by atoms with Gasteiger partial charge < -0.3 is 19.7 Å². The summed E-state index contributed by atoms with van der Waals surface area (Å²) in [5.74, 6) is 2.59. The van der Waals surface area contributed by atoms with Crippen molar-refractivity contribution in [1.82, 2.24) is 15.3 Å². The summed E-state index contributed by atoms with van der Waals surface area (Å²) < 4.78 is 11.3. The van der Waals surface area contributed by atoms with Crippen molar-refractivity contribution in [1.29, 1.82) is 0 Å². The Balaban J connectivity index is 1.44. The van der Waals surface area contributed by atoms with Crippen LogP contribution in [0, 0.1) is 12.8 Å². The number of nitrogens with zero attached hydrogens (tertiary/aromatic N) is 3. The highest BCUT2D eigenvalue weighted by atomic mass is 16.5. The van der Waals surface area contributed by atoms with Gasteiger partial charge in [-0.25, -0.2) is 9.97 Å². The average molecular weight is 447 g/mol. The molecule has 1 amide bonds. The topological polar surface area (TPSA) is 76.6 Å². The minimum absolute atomic E-state index is 0.0493. The molecule has 2 aromatic carbocycles. The van der Waals surface area contributed by atoms with E-state index in [1.54, 1.807) is 19.5 Å². The molecule has 1 aliphatic heterocycles. The van der Waals surface area contributed by atoms with Crippen molar-refractivity contribution in [2.75, 3.05) is 25.1 Å². The molecule has 7 heteroatoms. The van der Waals surface area contributed by atoms with Crippen LogP contribution in [-0.2, 0) is 4.79 Å². The lowest BCUT2D eigenvalue weighted by molar-refractivity contribution is -0.125. The van der Waals surface area contributed by atoms with Gasteiger partial charge in [-0.1, -0.05) is 30.3 Å². The first-order chi connectivity index (χ1) is 16.0. The Morgan fingerprint density at radius 1 is 1.12 bits per heavy atom. The Morgan fingerprint density at radius 2 is 1.88 bits per heavy atom. The van der Waals surface area contributed by atoms with Crippen LogP contribution >= 0.6 is 0 Å². The Hall–Kier alpha value is -3.61. The number of ether oxygens (including phenoxy) is 2. The summed E-state index contributed by atoms with van der Waals surface area (Å²) in [6.07, 6.45) is 5.03. The van der Waals surface area contributed by atoms with Crippen LogP contribution in [0.15, 0.2) is 60.9 Å². The molecule has 0 aliphatic carbocycles. The SMILES string of the molecule is COc1ccc([C@@H](C)NC(=O)[C@H]2CCCN(c3nccnc3Oc3ccccc3C)C2)cc1. The maximum Gasteiger partial charge on any atom is 0.263 e. The second-order valence-corrected chi connectivity index (χ2v) is 8.34. The molecule has 172 valence electrons. The van der Waals surface area contributed by atoms with Crippen LogP contribution in [0.2, 0.25) is 0 Å². The molecule has 0 unspecified atom stereocenters. The molecule has 0 bridgehead atoms. The van der Waals surface area contributed by atoms with Gasteiger partial charge in [0.25, 0.3) is 5.88 Å². The number of anilines is 1. The van der Waals surface area contributed by atoms with Gasteiger partial charge in [0.1, 0.15) is 11.5 Å². The van der Waals surface area contributed by atoms with Crippen molar-refractivity contribution in [2.24, 2.45) is 5.92 Å². The van der Waals surface area contributed by atoms with Crippen molar-refractivity contribution in [3.8, 4) is 17.4 Å². The number of hydrogen-bond acceptors (Lipinski definition) is 6. The summed E-state index contributed by atoms with van der Waals surface area (Å²) in [5.41, 5.74) is 2.07.